The first kappa shape index (κ1) is 29.4. The summed E-state index contributed by atoms with van der Waals surface area (Å²) >= 11 is 0. The van der Waals surface area contributed by atoms with Gasteiger partial charge in [0.2, 0.25) is 0 Å². The third kappa shape index (κ3) is 5.22. The first-order chi connectivity index (χ1) is 24.8. The van der Waals surface area contributed by atoms with Crippen molar-refractivity contribution < 1.29 is 0 Å². The Balaban J connectivity index is 1.50. The number of pyridine rings is 3. The molecule has 0 fully saturated rings. The Kier molecular flexibility index (Phi) is 7.49. The molecule has 0 aliphatic heterocycles. The maximum absolute atomic E-state index is 4.85. The Hall–Kier alpha value is -6.71. The highest BCUT2D eigenvalue weighted by Gasteiger charge is 2.24. The lowest BCUT2D eigenvalue weighted by molar-refractivity contribution is 1.32. The molecule has 234 valence electrons. The second-order valence-corrected chi connectivity index (χ2v) is 12.4. The molecule has 0 N–H and O–H groups in total. The zero-order chi connectivity index (χ0) is 33.3. The van der Waals surface area contributed by atoms with Gasteiger partial charge in [-0.05, 0) is 110 Å². The van der Waals surface area contributed by atoms with Gasteiger partial charge in [0.15, 0.2) is 0 Å². The molecule has 0 amide bonds. The molecule has 0 saturated heterocycles. The molecule has 3 aromatic heterocycles. The Bertz CT molecular complexity index is 2630. The van der Waals surface area contributed by atoms with Crippen molar-refractivity contribution in [1.82, 2.24) is 15.0 Å². The van der Waals surface area contributed by atoms with E-state index in [1.54, 1.807) is 0 Å². The largest absolute Gasteiger partial charge is 0.256 e. The summed E-state index contributed by atoms with van der Waals surface area (Å²) < 4.78 is 0. The van der Waals surface area contributed by atoms with Gasteiger partial charge in [-0.1, -0.05) is 115 Å². The van der Waals surface area contributed by atoms with Gasteiger partial charge in [-0.25, -0.2) is 0 Å². The molecule has 9 rings (SSSR count). The van der Waals surface area contributed by atoms with Crippen molar-refractivity contribution in [1.29, 1.82) is 0 Å². The molecule has 3 heteroatoms. The second-order valence-electron chi connectivity index (χ2n) is 12.4. The molecule has 0 unspecified atom stereocenters. The van der Waals surface area contributed by atoms with Crippen LogP contribution in [0.3, 0.4) is 0 Å². The Morgan fingerprint density at radius 2 is 0.660 bits per heavy atom. The molecule has 0 bridgehead atoms. The predicted octanol–water partition coefficient (Wildman–Crippen LogP) is 12.2. The number of benzene rings is 6. The van der Waals surface area contributed by atoms with Gasteiger partial charge >= 0.3 is 0 Å². The van der Waals surface area contributed by atoms with Crippen molar-refractivity contribution in [3.63, 3.8) is 0 Å². The van der Waals surface area contributed by atoms with Crippen molar-refractivity contribution in [3.8, 4) is 67.2 Å². The normalized spacial score (nSPS) is 11.2. The topological polar surface area (TPSA) is 38.7 Å². The fourth-order valence-corrected chi connectivity index (χ4v) is 7.22. The summed E-state index contributed by atoms with van der Waals surface area (Å²) in [5.74, 6) is 0. The molecule has 0 spiro atoms. The summed E-state index contributed by atoms with van der Waals surface area (Å²) in [5.41, 5.74) is 12.8. The smallest absolute Gasteiger partial charge is 0.0708 e. The summed E-state index contributed by atoms with van der Waals surface area (Å²) in [4.78, 5) is 14.5. The third-order valence-electron chi connectivity index (χ3n) is 9.44. The highest BCUT2D eigenvalue weighted by atomic mass is 14.7. The van der Waals surface area contributed by atoms with Crippen LogP contribution in [0.5, 0.6) is 0 Å². The number of rotatable bonds is 6. The van der Waals surface area contributed by atoms with Gasteiger partial charge in [0.1, 0.15) is 0 Å². The van der Waals surface area contributed by atoms with Gasteiger partial charge in [0.25, 0.3) is 0 Å². The zero-order valence-corrected chi connectivity index (χ0v) is 27.2. The minimum absolute atomic E-state index is 0.926. The fourth-order valence-electron chi connectivity index (χ4n) is 7.22. The van der Waals surface area contributed by atoms with Gasteiger partial charge in [-0.2, -0.15) is 0 Å². The van der Waals surface area contributed by atoms with E-state index in [1.165, 1.54) is 21.5 Å². The van der Waals surface area contributed by atoms with Crippen molar-refractivity contribution in [2.45, 2.75) is 0 Å². The van der Waals surface area contributed by atoms with Crippen LogP contribution in [0.2, 0.25) is 0 Å². The summed E-state index contributed by atoms with van der Waals surface area (Å²) in [7, 11) is 0. The first-order valence-corrected chi connectivity index (χ1v) is 16.9. The minimum Gasteiger partial charge on any atom is -0.256 e. The number of fused-ring (bicyclic) bond motifs is 2. The monoisotopic (exact) mass is 637 g/mol. The fraction of sp³-hybridized carbons (Fsp3) is 0. The predicted molar refractivity (Wildman–Crippen MR) is 207 cm³/mol. The van der Waals surface area contributed by atoms with Crippen molar-refractivity contribution in [2.24, 2.45) is 0 Å². The highest BCUT2D eigenvalue weighted by Crippen LogP contribution is 2.51. The van der Waals surface area contributed by atoms with Crippen LogP contribution in [0.1, 0.15) is 0 Å². The molecule has 0 radical (unpaired) electrons. The minimum atomic E-state index is 0.926. The molecule has 0 saturated carbocycles. The SMILES string of the molecule is c1ccc(-c2ccccc2-c2cc3cc4ccccc4cc3c(-c3ccccc3-c3ccccn3)c2-c2ccccc2-c2ccccn2)nc1. The highest BCUT2D eigenvalue weighted by molar-refractivity contribution is 6.16. The van der Waals surface area contributed by atoms with E-state index in [9.17, 15) is 0 Å². The van der Waals surface area contributed by atoms with Gasteiger partial charge in [-0.3, -0.25) is 15.0 Å². The molecule has 50 heavy (non-hydrogen) atoms. The average Bonchev–Trinajstić information content (AvgIpc) is 3.20. The van der Waals surface area contributed by atoms with E-state index in [4.69, 9.17) is 15.0 Å². The van der Waals surface area contributed by atoms with Crippen LogP contribution < -0.4 is 0 Å². The average molecular weight is 638 g/mol. The summed E-state index contributed by atoms with van der Waals surface area (Å²) in [6, 6.07) is 60.0. The number of nitrogens with zero attached hydrogens (tertiary/aromatic N) is 3. The third-order valence-corrected chi connectivity index (χ3v) is 9.44. The summed E-state index contributed by atoms with van der Waals surface area (Å²) in [5, 5.41) is 4.74. The molecular formula is C47H31N3. The lowest BCUT2D eigenvalue weighted by atomic mass is 9.79. The molecule has 0 atom stereocenters. The van der Waals surface area contributed by atoms with E-state index in [0.717, 1.165) is 67.2 Å². The lowest BCUT2D eigenvalue weighted by Gasteiger charge is -2.24. The molecule has 0 aliphatic rings. The van der Waals surface area contributed by atoms with Gasteiger partial charge < -0.3 is 0 Å². The van der Waals surface area contributed by atoms with E-state index in [1.807, 2.05) is 36.8 Å². The molecule has 6 aromatic carbocycles. The van der Waals surface area contributed by atoms with Gasteiger partial charge in [0.05, 0.1) is 17.1 Å². The lowest BCUT2D eigenvalue weighted by Crippen LogP contribution is -1.98. The zero-order valence-electron chi connectivity index (χ0n) is 27.2. The number of aromatic nitrogens is 3. The van der Waals surface area contributed by atoms with Crippen molar-refractivity contribution >= 4 is 21.5 Å². The van der Waals surface area contributed by atoms with E-state index < -0.39 is 0 Å². The van der Waals surface area contributed by atoms with Gasteiger partial charge in [-0.15, -0.1) is 0 Å². The van der Waals surface area contributed by atoms with Crippen LogP contribution in [0.15, 0.2) is 188 Å². The van der Waals surface area contributed by atoms with E-state index >= 15 is 0 Å². The van der Waals surface area contributed by atoms with Crippen LogP contribution in [0.25, 0.3) is 88.7 Å². The quantitative estimate of drug-likeness (QED) is 0.170. The van der Waals surface area contributed by atoms with E-state index in [-0.39, 0.29) is 0 Å². The van der Waals surface area contributed by atoms with E-state index in [0.29, 0.717) is 0 Å². The maximum Gasteiger partial charge on any atom is 0.0708 e. The van der Waals surface area contributed by atoms with Crippen LogP contribution in [-0.2, 0) is 0 Å². The maximum atomic E-state index is 4.85. The molecule has 3 nitrogen and oxygen atoms in total. The van der Waals surface area contributed by atoms with Crippen molar-refractivity contribution in [3.05, 3.63) is 188 Å². The summed E-state index contributed by atoms with van der Waals surface area (Å²) in [6.45, 7) is 0. The van der Waals surface area contributed by atoms with Crippen LogP contribution in [-0.4, -0.2) is 15.0 Å². The Labute approximate surface area is 291 Å². The summed E-state index contributed by atoms with van der Waals surface area (Å²) in [6.07, 6.45) is 5.60. The molecular weight excluding hydrogens is 607 g/mol. The molecule has 9 aromatic rings. The molecule has 3 heterocycles. The Morgan fingerprint density at radius 1 is 0.260 bits per heavy atom. The van der Waals surface area contributed by atoms with Crippen molar-refractivity contribution in [2.75, 3.05) is 0 Å². The van der Waals surface area contributed by atoms with Crippen LogP contribution in [0.4, 0.5) is 0 Å². The number of hydrogen-bond donors (Lipinski definition) is 0. The second kappa shape index (κ2) is 12.7. The van der Waals surface area contributed by atoms with Crippen LogP contribution in [0, 0.1) is 0 Å². The Morgan fingerprint density at radius 3 is 1.16 bits per heavy atom. The van der Waals surface area contributed by atoms with Gasteiger partial charge in [0, 0.05) is 35.3 Å². The molecule has 0 aliphatic carbocycles. The van der Waals surface area contributed by atoms with E-state index in [2.05, 4.69) is 152 Å². The first-order valence-electron chi connectivity index (χ1n) is 16.9. The van der Waals surface area contributed by atoms with Crippen LogP contribution >= 0.6 is 0 Å². The standard InChI is InChI=1S/C47H31N3/c1-2-16-33-30-41-34(29-32(33)15-1)31-42(35-17-3-4-18-36(35)43-23-9-12-26-48-43)47(40-22-8-6-20-38(40)45-25-11-14-28-50-45)46(41)39-21-7-5-19-37(39)44-24-10-13-27-49-44/h1-31H. The number of hydrogen-bond acceptors (Lipinski definition) is 3.